The molecule has 2 N–H and O–H groups in total. The zero-order chi connectivity index (χ0) is 20.8. The maximum Gasteiger partial charge on any atom is 0.286 e. The van der Waals surface area contributed by atoms with E-state index in [0.717, 1.165) is 30.4 Å². The van der Waals surface area contributed by atoms with E-state index in [2.05, 4.69) is 11.4 Å². The van der Waals surface area contributed by atoms with Gasteiger partial charge in [0.15, 0.2) is 5.76 Å². The molecule has 30 heavy (non-hydrogen) atoms. The number of aliphatic hydroxyl groups excluding tert-OH is 1. The van der Waals surface area contributed by atoms with Gasteiger partial charge in [-0.05, 0) is 54.7 Å². The van der Waals surface area contributed by atoms with E-state index in [-0.39, 0.29) is 18.6 Å². The first kappa shape index (κ1) is 21.4. The average molecular weight is 414 g/mol. The van der Waals surface area contributed by atoms with Crippen molar-refractivity contribution >= 4 is 5.91 Å². The lowest BCUT2D eigenvalue weighted by Crippen LogP contribution is -2.40. The van der Waals surface area contributed by atoms with Crippen LogP contribution in [0.3, 0.4) is 0 Å². The smallest absolute Gasteiger partial charge is 0.286 e. The molecule has 0 spiro atoms. The number of aliphatic hydroxyl groups is 1. The SMILES string of the molecule is O=C(NC1CCCCC1)C1=C[C@@H](C2CCCC2)C[C@@H](OCc2ccc(CO)cc2)O1. The van der Waals surface area contributed by atoms with Crippen LogP contribution in [0.4, 0.5) is 0 Å². The zero-order valence-corrected chi connectivity index (χ0v) is 17.9. The van der Waals surface area contributed by atoms with E-state index in [0.29, 0.717) is 24.2 Å². The van der Waals surface area contributed by atoms with Crippen LogP contribution in [-0.4, -0.2) is 23.3 Å². The van der Waals surface area contributed by atoms with Gasteiger partial charge in [0, 0.05) is 12.5 Å². The summed E-state index contributed by atoms with van der Waals surface area (Å²) in [5.41, 5.74) is 1.93. The Morgan fingerprint density at radius 3 is 2.37 bits per heavy atom. The monoisotopic (exact) mass is 413 g/mol. The molecule has 1 aromatic rings. The molecule has 164 valence electrons. The van der Waals surface area contributed by atoms with Crippen LogP contribution in [0.2, 0.25) is 0 Å². The molecule has 2 saturated carbocycles. The van der Waals surface area contributed by atoms with Crippen molar-refractivity contribution in [2.24, 2.45) is 11.8 Å². The van der Waals surface area contributed by atoms with Gasteiger partial charge in [-0.15, -0.1) is 0 Å². The first-order valence-corrected chi connectivity index (χ1v) is 11.7. The standard InChI is InChI=1S/C25H35NO4/c27-16-18-10-12-19(13-11-18)17-29-24-15-21(20-6-4-5-7-20)14-23(30-24)25(28)26-22-8-2-1-3-9-22/h10-14,20-22,24,27H,1-9,15-17H2,(H,26,28)/t21-,24+/m1/s1. The third-order valence-corrected chi connectivity index (χ3v) is 6.90. The Bertz CT molecular complexity index is 717. The minimum Gasteiger partial charge on any atom is -0.459 e. The van der Waals surface area contributed by atoms with Crippen molar-refractivity contribution < 1.29 is 19.4 Å². The summed E-state index contributed by atoms with van der Waals surface area (Å²) in [5, 5.41) is 12.4. The second-order valence-corrected chi connectivity index (χ2v) is 9.12. The highest BCUT2D eigenvalue weighted by Crippen LogP contribution is 2.38. The molecule has 2 atom stereocenters. The number of carbonyl (C=O) groups excluding carboxylic acids is 1. The Morgan fingerprint density at radius 2 is 1.67 bits per heavy atom. The Hall–Kier alpha value is -1.85. The number of allylic oxidation sites excluding steroid dienone is 1. The highest BCUT2D eigenvalue weighted by Gasteiger charge is 2.34. The maximum atomic E-state index is 12.9. The van der Waals surface area contributed by atoms with Crippen molar-refractivity contribution in [1.29, 1.82) is 0 Å². The van der Waals surface area contributed by atoms with Gasteiger partial charge in [-0.1, -0.05) is 56.4 Å². The highest BCUT2D eigenvalue weighted by atomic mass is 16.7. The summed E-state index contributed by atoms with van der Waals surface area (Å²) in [6.45, 7) is 0.478. The third kappa shape index (κ3) is 5.64. The van der Waals surface area contributed by atoms with Crippen LogP contribution in [0, 0.1) is 11.8 Å². The molecule has 3 aliphatic rings. The summed E-state index contributed by atoms with van der Waals surface area (Å²) in [6, 6.07) is 8.02. The Labute approximate surface area is 179 Å². The lowest BCUT2D eigenvalue weighted by atomic mass is 9.86. The fourth-order valence-corrected chi connectivity index (χ4v) is 5.09. The molecule has 1 heterocycles. The molecule has 1 aliphatic heterocycles. The molecule has 2 aliphatic carbocycles. The van der Waals surface area contributed by atoms with Crippen molar-refractivity contribution in [3.05, 3.63) is 47.2 Å². The van der Waals surface area contributed by atoms with E-state index in [9.17, 15) is 9.90 Å². The van der Waals surface area contributed by atoms with Gasteiger partial charge in [0.05, 0.1) is 13.2 Å². The molecule has 0 aromatic heterocycles. The molecule has 0 saturated heterocycles. The summed E-state index contributed by atoms with van der Waals surface area (Å²) < 4.78 is 12.1. The summed E-state index contributed by atoms with van der Waals surface area (Å²) in [5.74, 6) is 1.34. The van der Waals surface area contributed by atoms with Crippen LogP contribution in [0.15, 0.2) is 36.1 Å². The van der Waals surface area contributed by atoms with Crippen molar-refractivity contribution in [3.8, 4) is 0 Å². The van der Waals surface area contributed by atoms with Gasteiger partial charge in [0.2, 0.25) is 6.29 Å². The van der Waals surface area contributed by atoms with Crippen molar-refractivity contribution in [3.63, 3.8) is 0 Å². The van der Waals surface area contributed by atoms with Gasteiger partial charge >= 0.3 is 0 Å². The van der Waals surface area contributed by atoms with Gasteiger partial charge in [-0.3, -0.25) is 4.79 Å². The fourth-order valence-electron chi connectivity index (χ4n) is 5.09. The summed E-state index contributed by atoms with van der Waals surface area (Å²) in [7, 11) is 0. The lowest BCUT2D eigenvalue weighted by Gasteiger charge is -2.32. The molecule has 1 aromatic carbocycles. The third-order valence-electron chi connectivity index (χ3n) is 6.90. The van der Waals surface area contributed by atoms with E-state index in [1.165, 1.54) is 44.9 Å². The molecule has 5 nitrogen and oxygen atoms in total. The molecular formula is C25H35NO4. The van der Waals surface area contributed by atoms with Crippen molar-refractivity contribution in [2.75, 3.05) is 0 Å². The van der Waals surface area contributed by atoms with E-state index in [1.807, 2.05) is 24.3 Å². The maximum absolute atomic E-state index is 12.9. The molecular weight excluding hydrogens is 378 g/mol. The van der Waals surface area contributed by atoms with Gasteiger partial charge in [-0.25, -0.2) is 0 Å². The number of amides is 1. The highest BCUT2D eigenvalue weighted by molar-refractivity contribution is 5.91. The first-order valence-electron chi connectivity index (χ1n) is 11.7. The van der Waals surface area contributed by atoms with Crippen LogP contribution in [0.25, 0.3) is 0 Å². The predicted octanol–water partition coefficient (Wildman–Crippen LogP) is 4.58. The molecule has 0 unspecified atom stereocenters. The largest absolute Gasteiger partial charge is 0.459 e. The van der Waals surface area contributed by atoms with Gasteiger partial charge < -0.3 is 19.9 Å². The van der Waals surface area contributed by atoms with Crippen molar-refractivity contribution in [1.82, 2.24) is 5.32 Å². The number of benzene rings is 1. The Kier molecular flexibility index (Phi) is 7.45. The molecule has 4 rings (SSSR count). The predicted molar refractivity (Wildman–Crippen MR) is 115 cm³/mol. The number of carbonyl (C=O) groups is 1. The van der Waals surface area contributed by atoms with E-state index in [1.54, 1.807) is 0 Å². The first-order chi connectivity index (χ1) is 14.7. The lowest BCUT2D eigenvalue weighted by molar-refractivity contribution is -0.155. The van der Waals surface area contributed by atoms with Crippen LogP contribution >= 0.6 is 0 Å². The van der Waals surface area contributed by atoms with Crippen LogP contribution in [0.5, 0.6) is 0 Å². The van der Waals surface area contributed by atoms with E-state index in [4.69, 9.17) is 9.47 Å². The number of hydrogen-bond acceptors (Lipinski definition) is 4. The van der Waals surface area contributed by atoms with Crippen LogP contribution in [0.1, 0.15) is 75.3 Å². The van der Waals surface area contributed by atoms with E-state index < -0.39 is 6.29 Å². The molecule has 5 heteroatoms. The molecule has 0 radical (unpaired) electrons. The Balaban J connectivity index is 1.39. The summed E-state index contributed by atoms with van der Waals surface area (Å²) in [6.07, 6.45) is 13.3. The minimum atomic E-state index is -0.398. The Morgan fingerprint density at radius 1 is 1.00 bits per heavy atom. The topological polar surface area (TPSA) is 67.8 Å². The quantitative estimate of drug-likeness (QED) is 0.687. The van der Waals surface area contributed by atoms with Crippen LogP contribution in [-0.2, 0) is 27.5 Å². The zero-order valence-electron chi connectivity index (χ0n) is 17.9. The number of nitrogens with one attached hydrogen (secondary N) is 1. The number of ether oxygens (including phenoxy) is 2. The molecule has 2 fully saturated rings. The second kappa shape index (κ2) is 10.5. The fraction of sp³-hybridized carbons (Fsp3) is 0.640. The molecule has 1 amide bonds. The van der Waals surface area contributed by atoms with Gasteiger partial charge in [-0.2, -0.15) is 0 Å². The second-order valence-electron chi connectivity index (χ2n) is 9.12. The van der Waals surface area contributed by atoms with Gasteiger partial charge in [0.25, 0.3) is 5.91 Å². The average Bonchev–Trinajstić information content (AvgIpc) is 3.34. The van der Waals surface area contributed by atoms with Crippen molar-refractivity contribution in [2.45, 2.75) is 89.8 Å². The normalized spacial score (nSPS) is 25.6. The minimum absolute atomic E-state index is 0.0419. The summed E-state index contributed by atoms with van der Waals surface area (Å²) >= 11 is 0. The van der Waals surface area contributed by atoms with Gasteiger partial charge in [0.1, 0.15) is 0 Å². The van der Waals surface area contributed by atoms with E-state index >= 15 is 0 Å². The summed E-state index contributed by atoms with van der Waals surface area (Å²) in [4.78, 5) is 12.9. The number of hydrogen-bond donors (Lipinski definition) is 2. The molecule has 0 bridgehead atoms. The number of rotatable bonds is 7. The van der Waals surface area contributed by atoms with Crippen LogP contribution < -0.4 is 5.32 Å².